The Hall–Kier alpha value is -3.29. The summed E-state index contributed by atoms with van der Waals surface area (Å²) in [6.45, 7) is 3.75. The molecule has 124 valence electrons. The van der Waals surface area contributed by atoms with Crippen molar-refractivity contribution in [2.24, 2.45) is 0 Å². The van der Waals surface area contributed by atoms with Gasteiger partial charge in [-0.15, -0.1) is 0 Å². The van der Waals surface area contributed by atoms with Crippen LogP contribution in [-0.4, -0.2) is 27.9 Å². The zero-order valence-corrected chi connectivity index (χ0v) is 13.5. The Morgan fingerprint density at radius 1 is 1.33 bits per heavy atom. The van der Waals surface area contributed by atoms with Crippen molar-refractivity contribution < 1.29 is 14.3 Å². The average Bonchev–Trinajstić information content (AvgIpc) is 2.88. The Kier molecular flexibility index (Phi) is 3.95. The van der Waals surface area contributed by atoms with Crippen LogP contribution < -0.4 is 15.8 Å². The first-order valence-electron chi connectivity index (χ1n) is 7.21. The average molecular weight is 327 g/mol. The summed E-state index contributed by atoms with van der Waals surface area (Å²) in [7, 11) is 1.25. The van der Waals surface area contributed by atoms with Crippen molar-refractivity contribution in [2.75, 3.05) is 18.2 Å². The lowest BCUT2D eigenvalue weighted by atomic mass is 10.2. The highest BCUT2D eigenvalue weighted by Crippen LogP contribution is 2.30. The molecule has 0 fully saturated rings. The van der Waals surface area contributed by atoms with Gasteiger partial charge in [0.1, 0.15) is 11.8 Å². The summed E-state index contributed by atoms with van der Waals surface area (Å²) < 4.78 is 11.2. The van der Waals surface area contributed by atoms with Gasteiger partial charge in [-0.1, -0.05) is 6.07 Å². The maximum atomic E-state index is 11.3. The zero-order valence-electron chi connectivity index (χ0n) is 13.5. The molecule has 2 aromatic heterocycles. The number of carbonyl (C=O) groups is 1. The summed E-state index contributed by atoms with van der Waals surface area (Å²) in [6.07, 6.45) is 2.22. The lowest BCUT2D eigenvalue weighted by molar-refractivity contribution is 0.121. The number of rotatable bonds is 3. The molecule has 0 spiro atoms. The molecule has 8 heteroatoms. The second-order valence-electron chi connectivity index (χ2n) is 5.27. The first kappa shape index (κ1) is 15.6. The van der Waals surface area contributed by atoms with Gasteiger partial charge in [-0.3, -0.25) is 0 Å². The van der Waals surface area contributed by atoms with E-state index in [1.54, 1.807) is 10.7 Å². The molecule has 0 aliphatic carbocycles. The van der Waals surface area contributed by atoms with Gasteiger partial charge >= 0.3 is 6.16 Å². The van der Waals surface area contributed by atoms with E-state index in [0.29, 0.717) is 28.3 Å². The van der Waals surface area contributed by atoms with E-state index < -0.39 is 6.16 Å². The predicted octanol–water partition coefficient (Wildman–Crippen LogP) is 2.82. The Morgan fingerprint density at radius 2 is 2.12 bits per heavy atom. The number of carbonyl (C=O) groups excluding carboxylic acids is 1. The highest BCUT2D eigenvalue weighted by Gasteiger charge is 2.16. The van der Waals surface area contributed by atoms with Crippen molar-refractivity contribution in [3.8, 4) is 5.75 Å². The van der Waals surface area contributed by atoms with Crippen LogP contribution >= 0.6 is 0 Å². The largest absolute Gasteiger partial charge is 0.513 e. The summed E-state index contributed by atoms with van der Waals surface area (Å²) in [4.78, 5) is 15.6. The molecule has 0 bridgehead atoms. The summed E-state index contributed by atoms with van der Waals surface area (Å²) in [5, 5.41) is 7.35. The Labute approximate surface area is 138 Å². The molecule has 0 saturated carbocycles. The molecule has 0 unspecified atom stereocenters. The first-order chi connectivity index (χ1) is 11.5. The van der Waals surface area contributed by atoms with Gasteiger partial charge in [-0.05, 0) is 31.5 Å². The number of aryl methyl sites for hydroxylation is 2. The molecular weight excluding hydrogens is 310 g/mol. The van der Waals surface area contributed by atoms with E-state index in [9.17, 15) is 4.79 Å². The molecule has 0 amide bonds. The molecule has 0 saturated heterocycles. The SMILES string of the molecule is COC(=O)Oc1cn2ncnc(Nc3ccc(C)c(N)c3)c2c1C. The highest BCUT2D eigenvalue weighted by atomic mass is 16.7. The smallest absolute Gasteiger partial charge is 0.437 e. The minimum atomic E-state index is -0.789. The third-order valence-electron chi connectivity index (χ3n) is 3.68. The number of nitrogens with zero attached hydrogens (tertiary/aromatic N) is 3. The lowest BCUT2D eigenvalue weighted by Gasteiger charge is -2.09. The Balaban J connectivity index is 2.01. The van der Waals surface area contributed by atoms with E-state index in [1.165, 1.54) is 13.4 Å². The zero-order chi connectivity index (χ0) is 17.3. The number of aromatic nitrogens is 3. The fourth-order valence-electron chi connectivity index (χ4n) is 2.32. The molecule has 0 atom stereocenters. The highest BCUT2D eigenvalue weighted by molar-refractivity contribution is 5.80. The normalized spacial score (nSPS) is 10.6. The maximum Gasteiger partial charge on any atom is 0.513 e. The van der Waals surface area contributed by atoms with Crippen LogP contribution in [-0.2, 0) is 4.74 Å². The molecule has 0 radical (unpaired) electrons. The first-order valence-corrected chi connectivity index (χ1v) is 7.21. The van der Waals surface area contributed by atoms with Crippen LogP contribution in [0, 0.1) is 13.8 Å². The molecule has 3 rings (SSSR count). The monoisotopic (exact) mass is 327 g/mol. The van der Waals surface area contributed by atoms with Crippen LogP contribution in [0.5, 0.6) is 5.75 Å². The van der Waals surface area contributed by atoms with E-state index in [1.807, 2.05) is 32.0 Å². The lowest BCUT2D eigenvalue weighted by Crippen LogP contribution is -2.07. The van der Waals surface area contributed by atoms with Gasteiger partial charge in [-0.25, -0.2) is 14.3 Å². The van der Waals surface area contributed by atoms with Crippen molar-refractivity contribution in [1.29, 1.82) is 0 Å². The standard InChI is InChI=1S/C16H17N5O3/c1-9-4-5-11(6-12(9)17)20-15-14-10(2)13(24-16(22)23-3)7-21(14)19-8-18-15/h4-8H,17H2,1-3H3,(H,18,19,20). The number of benzene rings is 1. The van der Waals surface area contributed by atoms with Crippen LogP contribution in [0.3, 0.4) is 0 Å². The van der Waals surface area contributed by atoms with E-state index in [0.717, 1.165) is 11.3 Å². The van der Waals surface area contributed by atoms with Crippen LogP contribution in [0.25, 0.3) is 5.52 Å². The molecule has 3 aromatic rings. The number of nitrogens with two attached hydrogens (primary N) is 1. The van der Waals surface area contributed by atoms with Gasteiger partial charge in [0, 0.05) is 16.9 Å². The Bertz CT molecular complexity index is 919. The summed E-state index contributed by atoms with van der Waals surface area (Å²) in [5.41, 5.74) is 9.83. The number of ether oxygens (including phenoxy) is 2. The third-order valence-corrected chi connectivity index (χ3v) is 3.68. The Morgan fingerprint density at radius 3 is 2.83 bits per heavy atom. The maximum absolute atomic E-state index is 11.3. The van der Waals surface area contributed by atoms with Crippen molar-refractivity contribution in [3.05, 3.63) is 41.9 Å². The molecule has 24 heavy (non-hydrogen) atoms. The van der Waals surface area contributed by atoms with E-state index in [4.69, 9.17) is 10.5 Å². The molecule has 0 aliphatic rings. The van der Waals surface area contributed by atoms with Gasteiger partial charge < -0.3 is 20.5 Å². The number of hydrogen-bond acceptors (Lipinski definition) is 7. The molecule has 8 nitrogen and oxygen atoms in total. The minimum Gasteiger partial charge on any atom is -0.437 e. The minimum absolute atomic E-state index is 0.355. The molecular formula is C16H17N5O3. The van der Waals surface area contributed by atoms with Crippen molar-refractivity contribution >= 4 is 28.9 Å². The number of anilines is 3. The number of nitrogen functional groups attached to an aromatic ring is 1. The third kappa shape index (κ3) is 2.81. The van der Waals surface area contributed by atoms with Crippen LogP contribution in [0.2, 0.25) is 0 Å². The van der Waals surface area contributed by atoms with Crippen LogP contribution in [0.1, 0.15) is 11.1 Å². The second-order valence-corrected chi connectivity index (χ2v) is 5.27. The molecule has 1 aromatic carbocycles. The summed E-state index contributed by atoms with van der Waals surface area (Å²) >= 11 is 0. The van der Waals surface area contributed by atoms with Crippen molar-refractivity contribution in [3.63, 3.8) is 0 Å². The van der Waals surface area contributed by atoms with Crippen molar-refractivity contribution in [1.82, 2.24) is 14.6 Å². The van der Waals surface area contributed by atoms with Crippen LogP contribution in [0.4, 0.5) is 22.0 Å². The fourth-order valence-corrected chi connectivity index (χ4v) is 2.32. The summed E-state index contributed by atoms with van der Waals surface area (Å²) in [6, 6.07) is 5.67. The number of methoxy groups -OCH3 is 1. The second kappa shape index (κ2) is 6.07. The van der Waals surface area contributed by atoms with Gasteiger partial charge in [-0.2, -0.15) is 5.10 Å². The van der Waals surface area contributed by atoms with Gasteiger partial charge in [0.2, 0.25) is 0 Å². The van der Waals surface area contributed by atoms with E-state index >= 15 is 0 Å². The number of nitrogens with one attached hydrogen (secondary N) is 1. The topological polar surface area (TPSA) is 104 Å². The number of fused-ring (bicyclic) bond motifs is 1. The molecule has 3 N–H and O–H groups in total. The van der Waals surface area contributed by atoms with E-state index in [-0.39, 0.29) is 0 Å². The molecule has 0 aliphatic heterocycles. The quantitative estimate of drug-likeness (QED) is 0.563. The summed E-state index contributed by atoms with van der Waals surface area (Å²) in [5.74, 6) is 0.930. The predicted molar refractivity (Wildman–Crippen MR) is 89.6 cm³/mol. The molecule has 2 heterocycles. The van der Waals surface area contributed by atoms with Crippen LogP contribution in [0.15, 0.2) is 30.7 Å². The van der Waals surface area contributed by atoms with E-state index in [2.05, 4.69) is 20.1 Å². The van der Waals surface area contributed by atoms with Gasteiger partial charge in [0.05, 0.1) is 13.3 Å². The van der Waals surface area contributed by atoms with Gasteiger partial charge in [0.25, 0.3) is 0 Å². The van der Waals surface area contributed by atoms with Crippen molar-refractivity contribution in [2.45, 2.75) is 13.8 Å². The number of hydrogen-bond donors (Lipinski definition) is 2. The fraction of sp³-hybridized carbons (Fsp3) is 0.188. The van der Waals surface area contributed by atoms with Gasteiger partial charge in [0.15, 0.2) is 11.6 Å².